The number of likely N-dealkylation sites (tertiary alicyclic amines) is 1. The summed E-state index contributed by atoms with van der Waals surface area (Å²) in [5.74, 6) is -0.149. The summed E-state index contributed by atoms with van der Waals surface area (Å²) in [4.78, 5) is 14.0. The van der Waals surface area contributed by atoms with Crippen molar-refractivity contribution in [2.24, 2.45) is 17.6 Å². The van der Waals surface area contributed by atoms with E-state index in [-0.39, 0.29) is 11.8 Å². The van der Waals surface area contributed by atoms with Crippen molar-refractivity contribution in [2.75, 3.05) is 19.6 Å². The van der Waals surface area contributed by atoms with Gasteiger partial charge in [-0.25, -0.2) is 0 Å². The highest BCUT2D eigenvalue weighted by atomic mass is 16.4. The molecule has 3 rings (SSSR count). The van der Waals surface area contributed by atoms with Crippen LogP contribution in [0, 0.1) is 11.8 Å². The Balaban J connectivity index is 1.64. The van der Waals surface area contributed by atoms with Crippen molar-refractivity contribution in [2.45, 2.75) is 37.6 Å². The third-order valence-electron chi connectivity index (χ3n) is 5.35. The van der Waals surface area contributed by atoms with Crippen molar-refractivity contribution >= 4 is 5.97 Å². The van der Waals surface area contributed by atoms with Gasteiger partial charge in [0, 0.05) is 31.6 Å². The first-order chi connectivity index (χ1) is 10.6. The van der Waals surface area contributed by atoms with E-state index in [9.17, 15) is 9.90 Å². The molecule has 2 fully saturated rings. The first kappa shape index (κ1) is 15.5. The van der Waals surface area contributed by atoms with Crippen LogP contribution in [0.25, 0.3) is 0 Å². The Kier molecular flexibility index (Phi) is 4.79. The van der Waals surface area contributed by atoms with Crippen LogP contribution in [0.2, 0.25) is 0 Å². The lowest BCUT2D eigenvalue weighted by atomic mass is 9.86. The zero-order chi connectivity index (χ0) is 15.5. The van der Waals surface area contributed by atoms with Gasteiger partial charge in [-0.3, -0.25) is 4.79 Å². The molecule has 2 aliphatic rings. The predicted molar refractivity (Wildman–Crippen MR) is 86.7 cm³/mol. The molecule has 22 heavy (non-hydrogen) atoms. The van der Waals surface area contributed by atoms with Gasteiger partial charge in [0.15, 0.2) is 0 Å². The molecule has 4 heteroatoms. The largest absolute Gasteiger partial charge is 0.481 e. The van der Waals surface area contributed by atoms with Gasteiger partial charge in [0.2, 0.25) is 0 Å². The van der Waals surface area contributed by atoms with Gasteiger partial charge in [-0.1, -0.05) is 30.3 Å². The van der Waals surface area contributed by atoms with E-state index < -0.39 is 5.97 Å². The topological polar surface area (TPSA) is 66.6 Å². The summed E-state index contributed by atoms with van der Waals surface area (Å²) in [6.45, 7) is 2.57. The number of hydrogen-bond acceptors (Lipinski definition) is 3. The average molecular weight is 302 g/mol. The lowest BCUT2D eigenvalue weighted by Gasteiger charge is -2.29. The molecule has 1 heterocycles. The molecule has 4 nitrogen and oxygen atoms in total. The van der Waals surface area contributed by atoms with E-state index in [1.54, 1.807) is 0 Å². The van der Waals surface area contributed by atoms with E-state index >= 15 is 0 Å². The second-order valence-corrected chi connectivity index (χ2v) is 6.96. The van der Waals surface area contributed by atoms with Gasteiger partial charge in [-0.05, 0) is 37.2 Å². The fourth-order valence-electron chi connectivity index (χ4n) is 4.06. The Bertz CT molecular complexity index is 497. The van der Waals surface area contributed by atoms with Crippen LogP contribution >= 0.6 is 0 Å². The molecule has 1 aliphatic heterocycles. The zero-order valence-corrected chi connectivity index (χ0v) is 13.0. The molecule has 1 saturated carbocycles. The molecule has 1 aromatic rings. The number of carbonyl (C=O) groups is 1. The lowest BCUT2D eigenvalue weighted by molar-refractivity contribution is -0.141. The third-order valence-corrected chi connectivity index (χ3v) is 5.35. The lowest BCUT2D eigenvalue weighted by Crippen LogP contribution is -2.34. The summed E-state index contributed by atoms with van der Waals surface area (Å²) in [7, 11) is 0. The number of benzene rings is 1. The third kappa shape index (κ3) is 3.50. The van der Waals surface area contributed by atoms with Gasteiger partial charge < -0.3 is 15.7 Å². The molecule has 2 atom stereocenters. The van der Waals surface area contributed by atoms with Crippen molar-refractivity contribution in [1.82, 2.24) is 4.90 Å². The maximum absolute atomic E-state index is 11.6. The molecule has 3 N–H and O–H groups in total. The van der Waals surface area contributed by atoms with Crippen LogP contribution in [0.15, 0.2) is 30.3 Å². The summed E-state index contributed by atoms with van der Waals surface area (Å²) >= 11 is 0. The number of nitrogens with two attached hydrogens (primary N) is 1. The second kappa shape index (κ2) is 6.80. The molecular formula is C18H26N2O2. The summed E-state index contributed by atoms with van der Waals surface area (Å²) in [5, 5.41) is 9.56. The Labute approximate surface area is 132 Å². The van der Waals surface area contributed by atoms with Crippen LogP contribution in [0.1, 0.15) is 37.2 Å². The van der Waals surface area contributed by atoms with Crippen LogP contribution in [-0.4, -0.2) is 41.7 Å². The number of rotatable bonds is 4. The summed E-state index contributed by atoms with van der Waals surface area (Å²) in [6, 6.07) is 10.5. The van der Waals surface area contributed by atoms with Crippen molar-refractivity contribution in [3.05, 3.63) is 35.9 Å². The minimum atomic E-state index is -0.665. The highest BCUT2D eigenvalue weighted by Gasteiger charge is 2.39. The number of hydrogen-bond donors (Lipinski definition) is 2. The number of carboxylic acids is 1. The summed E-state index contributed by atoms with van der Waals surface area (Å²) < 4.78 is 0. The van der Waals surface area contributed by atoms with Gasteiger partial charge in [0.25, 0.3) is 0 Å². The molecule has 0 amide bonds. The van der Waals surface area contributed by atoms with Gasteiger partial charge in [0.1, 0.15) is 0 Å². The standard InChI is InChI=1S/C18H26N2O2/c19-15-8-6-13(7-9-15)10-20-11-16(17(12-20)18(21)22)14-4-2-1-3-5-14/h1-5,13,15-17H,6-12,19H2,(H,21,22)/t13?,15?,16-,17+/m0/s1. The van der Waals surface area contributed by atoms with E-state index in [0.29, 0.717) is 18.5 Å². The van der Waals surface area contributed by atoms with E-state index in [1.165, 1.54) is 12.8 Å². The minimum Gasteiger partial charge on any atom is -0.481 e. The van der Waals surface area contributed by atoms with E-state index in [1.807, 2.05) is 18.2 Å². The zero-order valence-electron chi connectivity index (χ0n) is 13.0. The summed E-state index contributed by atoms with van der Waals surface area (Å²) in [6.07, 6.45) is 4.60. The van der Waals surface area contributed by atoms with Crippen molar-refractivity contribution in [3.8, 4) is 0 Å². The Morgan fingerprint density at radius 2 is 1.82 bits per heavy atom. The van der Waals surface area contributed by atoms with Crippen LogP contribution in [0.5, 0.6) is 0 Å². The fourth-order valence-corrected chi connectivity index (χ4v) is 4.06. The van der Waals surface area contributed by atoms with E-state index in [2.05, 4.69) is 17.0 Å². The summed E-state index contributed by atoms with van der Waals surface area (Å²) in [5.41, 5.74) is 7.13. The number of nitrogens with zero attached hydrogens (tertiary/aromatic N) is 1. The average Bonchev–Trinajstić information content (AvgIpc) is 2.95. The minimum absolute atomic E-state index is 0.115. The predicted octanol–water partition coefficient (Wildman–Crippen LogP) is 2.30. The van der Waals surface area contributed by atoms with Crippen LogP contribution in [-0.2, 0) is 4.79 Å². The maximum atomic E-state index is 11.6. The molecule has 0 bridgehead atoms. The molecule has 1 aromatic carbocycles. The maximum Gasteiger partial charge on any atom is 0.308 e. The molecule has 1 aliphatic carbocycles. The first-order valence-corrected chi connectivity index (χ1v) is 8.39. The first-order valence-electron chi connectivity index (χ1n) is 8.39. The second-order valence-electron chi connectivity index (χ2n) is 6.96. The molecular weight excluding hydrogens is 276 g/mol. The Morgan fingerprint density at radius 1 is 1.14 bits per heavy atom. The monoisotopic (exact) mass is 302 g/mol. The van der Waals surface area contributed by atoms with Gasteiger partial charge in [-0.15, -0.1) is 0 Å². The van der Waals surface area contributed by atoms with Crippen LogP contribution < -0.4 is 5.73 Å². The van der Waals surface area contributed by atoms with E-state index in [4.69, 9.17) is 5.73 Å². The Morgan fingerprint density at radius 3 is 2.45 bits per heavy atom. The van der Waals surface area contributed by atoms with Crippen molar-refractivity contribution in [3.63, 3.8) is 0 Å². The number of carboxylic acid groups (broad SMARTS) is 1. The molecule has 1 saturated heterocycles. The van der Waals surface area contributed by atoms with Crippen molar-refractivity contribution in [1.29, 1.82) is 0 Å². The highest BCUT2D eigenvalue weighted by molar-refractivity contribution is 5.72. The van der Waals surface area contributed by atoms with Gasteiger partial charge in [-0.2, -0.15) is 0 Å². The smallest absolute Gasteiger partial charge is 0.308 e. The van der Waals surface area contributed by atoms with Crippen molar-refractivity contribution < 1.29 is 9.90 Å². The fraction of sp³-hybridized carbons (Fsp3) is 0.611. The van der Waals surface area contributed by atoms with Gasteiger partial charge >= 0.3 is 5.97 Å². The highest BCUT2D eigenvalue weighted by Crippen LogP contribution is 2.34. The molecule has 0 unspecified atom stereocenters. The Hall–Kier alpha value is -1.39. The molecule has 0 spiro atoms. The molecule has 120 valence electrons. The van der Waals surface area contributed by atoms with Crippen LogP contribution in [0.3, 0.4) is 0 Å². The van der Waals surface area contributed by atoms with Gasteiger partial charge in [0.05, 0.1) is 5.92 Å². The molecule has 0 aromatic heterocycles. The molecule has 0 radical (unpaired) electrons. The number of aliphatic carboxylic acids is 1. The SMILES string of the molecule is NC1CCC(CN2C[C@@H](C(=O)O)[C@H](c3ccccc3)C2)CC1. The van der Waals surface area contributed by atoms with Crippen LogP contribution in [0.4, 0.5) is 0 Å². The normalized spacial score (nSPS) is 33.0. The quantitative estimate of drug-likeness (QED) is 0.895. The van der Waals surface area contributed by atoms with E-state index in [0.717, 1.165) is 31.5 Å².